The Morgan fingerprint density at radius 3 is 2.09 bits per heavy atom. The van der Waals surface area contributed by atoms with E-state index >= 15 is 0 Å². The minimum atomic E-state index is -4.77. The van der Waals surface area contributed by atoms with E-state index in [2.05, 4.69) is 14.2 Å². The monoisotopic (exact) mass is 507 g/mol. The zero-order valence-corrected chi connectivity index (χ0v) is 18.4. The summed E-state index contributed by atoms with van der Waals surface area (Å²) in [5, 5.41) is 1.75. The standard InChI is InChI=1S/C22H19F6NO4S/c1-14(16-7-6-15-4-2-3-5-17(15)10-16)29-34(30,31)20-11-18(32-12-21(23,24)25)8-9-19(20)33-13-22(26,27)28/h2-11,14,29H,12-13H2,1H3/t14-/m0/s1. The first-order valence-corrected chi connectivity index (χ1v) is 11.3. The van der Waals surface area contributed by atoms with Crippen LogP contribution >= 0.6 is 0 Å². The van der Waals surface area contributed by atoms with Crippen molar-refractivity contribution in [3.05, 3.63) is 66.2 Å². The first-order valence-electron chi connectivity index (χ1n) is 9.78. The van der Waals surface area contributed by atoms with Gasteiger partial charge in [0, 0.05) is 12.1 Å². The van der Waals surface area contributed by atoms with E-state index in [4.69, 9.17) is 0 Å². The molecule has 0 amide bonds. The summed E-state index contributed by atoms with van der Waals surface area (Å²) < 4.78 is 113. The van der Waals surface area contributed by atoms with Crippen LogP contribution in [0.25, 0.3) is 10.8 Å². The summed E-state index contributed by atoms with van der Waals surface area (Å²) in [5.41, 5.74) is 0.560. The normalized spacial score (nSPS) is 13.6. The maximum absolute atomic E-state index is 13.0. The fraction of sp³-hybridized carbons (Fsp3) is 0.273. The van der Waals surface area contributed by atoms with Crippen molar-refractivity contribution in [2.45, 2.75) is 30.2 Å². The van der Waals surface area contributed by atoms with Crippen molar-refractivity contribution in [3.63, 3.8) is 0 Å². The lowest BCUT2D eigenvalue weighted by Gasteiger charge is -2.19. The number of benzene rings is 3. The third-order valence-electron chi connectivity index (χ3n) is 4.60. The van der Waals surface area contributed by atoms with Crippen molar-refractivity contribution in [1.29, 1.82) is 0 Å². The number of alkyl halides is 6. The smallest absolute Gasteiger partial charge is 0.422 e. The highest BCUT2D eigenvalue weighted by atomic mass is 32.2. The van der Waals surface area contributed by atoms with Crippen molar-refractivity contribution in [2.75, 3.05) is 13.2 Å². The van der Waals surface area contributed by atoms with E-state index in [9.17, 15) is 34.8 Å². The quantitative estimate of drug-likeness (QED) is 0.394. The van der Waals surface area contributed by atoms with E-state index in [-0.39, 0.29) is 0 Å². The maximum Gasteiger partial charge on any atom is 0.422 e. The van der Waals surface area contributed by atoms with Gasteiger partial charge in [-0.15, -0.1) is 0 Å². The molecule has 0 aliphatic rings. The Kier molecular flexibility index (Phi) is 7.32. The van der Waals surface area contributed by atoms with Gasteiger partial charge in [-0.3, -0.25) is 0 Å². The van der Waals surface area contributed by atoms with Crippen molar-refractivity contribution >= 4 is 20.8 Å². The number of fused-ring (bicyclic) bond motifs is 1. The Morgan fingerprint density at radius 1 is 0.824 bits per heavy atom. The van der Waals surface area contributed by atoms with Gasteiger partial charge in [-0.1, -0.05) is 36.4 Å². The van der Waals surface area contributed by atoms with Crippen LogP contribution in [0.15, 0.2) is 65.6 Å². The van der Waals surface area contributed by atoms with Crippen LogP contribution in [-0.2, 0) is 10.0 Å². The fourth-order valence-electron chi connectivity index (χ4n) is 3.07. The lowest BCUT2D eigenvalue weighted by molar-refractivity contribution is -0.154. The minimum Gasteiger partial charge on any atom is -0.484 e. The number of hydrogen-bond donors (Lipinski definition) is 1. The van der Waals surface area contributed by atoms with E-state index in [0.717, 1.165) is 22.9 Å². The van der Waals surface area contributed by atoms with Crippen LogP contribution < -0.4 is 14.2 Å². The topological polar surface area (TPSA) is 64.6 Å². The van der Waals surface area contributed by atoms with Crippen LogP contribution in [0.2, 0.25) is 0 Å². The molecule has 0 unspecified atom stereocenters. The Labute approximate surface area is 191 Å². The molecule has 0 bridgehead atoms. The number of hydrogen-bond acceptors (Lipinski definition) is 4. The molecule has 0 aliphatic carbocycles. The lowest BCUT2D eigenvalue weighted by Crippen LogP contribution is -2.28. The maximum atomic E-state index is 13.0. The van der Waals surface area contributed by atoms with E-state index in [1.54, 1.807) is 24.3 Å². The zero-order chi connectivity index (χ0) is 25.1. The van der Waals surface area contributed by atoms with E-state index in [0.29, 0.717) is 11.6 Å². The van der Waals surface area contributed by atoms with Gasteiger partial charge in [-0.2, -0.15) is 26.3 Å². The molecule has 0 fully saturated rings. The number of ether oxygens (including phenoxy) is 2. The first kappa shape index (κ1) is 25.6. The molecule has 0 saturated carbocycles. The summed E-state index contributed by atoms with van der Waals surface area (Å²) >= 11 is 0. The molecule has 12 heteroatoms. The van der Waals surface area contributed by atoms with Gasteiger partial charge in [0.05, 0.1) is 0 Å². The molecule has 34 heavy (non-hydrogen) atoms. The molecular formula is C22H19F6NO4S. The van der Waals surface area contributed by atoms with Crippen LogP contribution in [0.3, 0.4) is 0 Å². The predicted molar refractivity (Wildman–Crippen MR) is 112 cm³/mol. The third-order valence-corrected chi connectivity index (χ3v) is 6.17. The van der Waals surface area contributed by atoms with Crippen molar-refractivity contribution in [1.82, 2.24) is 4.72 Å². The molecule has 1 N–H and O–H groups in total. The van der Waals surface area contributed by atoms with Gasteiger partial charge < -0.3 is 9.47 Å². The van der Waals surface area contributed by atoms with Crippen LogP contribution in [0.4, 0.5) is 26.3 Å². The Morgan fingerprint density at radius 2 is 1.44 bits per heavy atom. The van der Waals surface area contributed by atoms with Crippen LogP contribution in [0.5, 0.6) is 11.5 Å². The van der Waals surface area contributed by atoms with Crippen LogP contribution in [0.1, 0.15) is 18.5 Å². The first-order chi connectivity index (χ1) is 15.7. The SMILES string of the molecule is C[C@H](NS(=O)(=O)c1cc(OCC(F)(F)F)ccc1OCC(F)(F)F)c1ccc2ccccc2c1. The molecular weight excluding hydrogens is 488 g/mol. The van der Waals surface area contributed by atoms with Crippen molar-refractivity contribution in [2.24, 2.45) is 0 Å². The van der Waals surface area contributed by atoms with Crippen LogP contribution in [-0.4, -0.2) is 34.0 Å². The molecule has 0 aromatic heterocycles. The molecule has 0 spiro atoms. The van der Waals surface area contributed by atoms with E-state index in [1.807, 2.05) is 18.2 Å². The highest BCUT2D eigenvalue weighted by Crippen LogP contribution is 2.32. The average molecular weight is 507 g/mol. The Hall–Kier alpha value is -2.99. The van der Waals surface area contributed by atoms with Gasteiger partial charge in [-0.05, 0) is 41.5 Å². The average Bonchev–Trinajstić information content (AvgIpc) is 2.74. The molecule has 0 saturated heterocycles. The van der Waals surface area contributed by atoms with Crippen LogP contribution in [0, 0.1) is 0 Å². The number of halogens is 6. The largest absolute Gasteiger partial charge is 0.484 e. The molecule has 3 aromatic rings. The Bertz CT molecular complexity index is 1260. The second-order valence-electron chi connectivity index (χ2n) is 7.37. The second-order valence-corrected chi connectivity index (χ2v) is 9.05. The molecule has 0 aliphatic heterocycles. The lowest BCUT2D eigenvalue weighted by atomic mass is 10.0. The molecule has 0 heterocycles. The van der Waals surface area contributed by atoms with Gasteiger partial charge in [0.15, 0.2) is 13.2 Å². The van der Waals surface area contributed by atoms with E-state index in [1.165, 1.54) is 6.92 Å². The second kappa shape index (κ2) is 9.71. The predicted octanol–water partition coefficient (Wildman–Crippen LogP) is 5.76. The highest BCUT2D eigenvalue weighted by molar-refractivity contribution is 7.89. The molecule has 3 rings (SSSR count). The summed E-state index contributed by atoms with van der Waals surface area (Å²) in [6.07, 6.45) is -9.47. The van der Waals surface area contributed by atoms with Gasteiger partial charge in [-0.25, -0.2) is 13.1 Å². The summed E-state index contributed by atoms with van der Waals surface area (Å²) in [7, 11) is -4.54. The molecule has 1 atom stereocenters. The van der Waals surface area contributed by atoms with Gasteiger partial charge >= 0.3 is 12.4 Å². The zero-order valence-electron chi connectivity index (χ0n) is 17.6. The molecule has 5 nitrogen and oxygen atoms in total. The Balaban J connectivity index is 1.91. The molecule has 184 valence electrons. The van der Waals surface area contributed by atoms with Gasteiger partial charge in [0.25, 0.3) is 0 Å². The van der Waals surface area contributed by atoms with E-state index < -0.39 is 58.0 Å². The minimum absolute atomic E-state index is 0.504. The molecule has 3 aromatic carbocycles. The third kappa shape index (κ3) is 7.00. The highest BCUT2D eigenvalue weighted by Gasteiger charge is 2.32. The van der Waals surface area contributed by atoms with Crippen molar-refractivity contribution < 1.29 is 44.2 Å². The number of rotatable bonds is 8. The fourth-order valence-corrected chi connectivity index (χ4v) is 4.47. The van der Waals surface area contributed by atoms with Gasteiger partial charge in [0.2, 0.25) is 10.0 Å². The molecule has 0 radical (unpaired) electrons. The van der Waals surface area contributed by atoms with Crippen molar-refractivity contribution in [3.8, 4) is 11.5 Å². The summed E-state index contributed by atoms with van der Waals surface area (Å²) in [6.45, 7) is -1.99. The number of nitrogens with one attached hydrogen (secondary N) is 1. The van der Waals surface area contributed by atoms with Gasteiger partial charge in [0.1, 0.15) is 16.4 Å². The summed E-state index contributed by atoms with van der Waals surface area (Å²) in [4.78, 5) is -0.788. The summed E-state index contributed by atoms with van der Waals surface area (Å²) in [6, 6.07) is 14.1. The summed E-state index contributed by atoms with van der Waals surface area (Å²) in [5.74, 6) is -1.19. The number of sulfonamides is 1.